The van der Waals surface area contributed by atoms with Crippen LogP contribution in [0.25, 0.3) is 10.9 Å². The molecule has 0 amide bonds. The summed E-state index contributed by atoms with van der Waals surface area (Å²) in [6.45, 7) is 4.28. The number of ether oxygens (including phenoxy) is 1. The van der Waals surface area contributed by atoms with Gasteiger partial charge in [0, 0.05) is 58.7 Å². The molecule has 2 N–H and O–H groups in total. The first-order valence-electron chi connectivity index (χ1n) is 11.0. The minimum Gasteiger partial charge on any atom is -0.490 e. The van der Waals surface area contributed by atoms with Crippen molar-refractivity contribution in [3.05, 3.63) is 77.6 Å². The molecule has 2 aromatic heterocycles. The van der Waals surface area contributed by atoms with Crippen molar-refractivity contribution in [3.63, 3.8) is 0 Å². The Morgan fingerprint density at radius 1 is 1.12 bits per heavy atom. The summed E-state index contributed by atoms with van der Waals surface area (Å²) in [4.78, 5) is 10.3. The van der Waals surface area contributed by atoms with Gasteiger partial charge < -0.3 is 19.9 Å². The molecule has 6 heteroatoms. The molecule has 162 valence electrons. The highest BCUT2D eigenvalue weighted by molar-refractivity contribution is 6.35. The molecule has 2 fully saturated rings. The van der Waals surface area contributed by atoms with Gasteiger partial charge in [0.25, 0.3) is 0 Å². The van der Waals surface area contributed by atoms with Crippen molar-refractivity contribution in [2.45, 2.75) is 25.9 Å². The van der Waals surface area contributed by atoms with Crippen LogP contribution in [0.3, 0.4) is 0 Å². The SMILES string of the molecule is Cc1c(N2CC3(CC(Oc4ccccc4)C3)C2)ccnc1Nc1cc(Cl)c2cc[nH]c2c1. The molecular weight excluding hydrogens is 420 g/mol. The minimum absolute atomic E-state index is 0.336. The van der Waals surface area contributed by atoms with E-state index in [1.165, 1.54) is 5.69 Å². The number of fused-ring (bicyclic) bond motifs is 1. The molecule has 2 aliphatic rings. The van der Waals surface area contributed by atoms with Gasteiger partial charge in [-0.05, 0) is 56.2 Å². The Labute approximate surface area is 192 Å². The number of para-hydroxylation sites is 1. The number of halogens is 1. The predicted molar refractivity (Wildman–Crippen MR) is 130 cm³/mol. The average Bonchev–Trinajstić information content (AvgIpc) is 3.21. The summed E-state index contributed by atoms with van der Waals surface area (Å²) < 4.78 is 6.11. The normalized spacial score (nSPS) is 17.2. The van der Waals surface area contributed by atoms with Crippen LogP contribution < -0.4 is 15.0 Å². The topological polar surface area (TPSA) is 53.2 Å². The van der Waals surface area contributed by atoms with Crippen molar-refractivity contribution in [2.24, 2.45) is 5.41 Å². The van der Waals surface area contributed by atoms with E-state index < -0.39 is 0 Å². The Morgan fingerprint density at radius 2 is 1.94 bits per heavy atom. The van der Waals surface area contributed by atoms with Gasteiger partial charge in [-0.2, -0.15) is 0 Å². The highest BCUT2D eigenvalue weighted by atomic mass is 35.5. The molecule has 4 aromatic rings. The summed E-state index contributed by atoms with van der Waals surface area (Å²) in [7, 11) is 0. The molecule has 0 unspecified atom stereocenters. The molecule has 0 bridgehead atoms. The van der Waals surface area contributed by atoms with Crippen molar-refractivity contribution in [1.82, 2.24) is 9.97 Å². The Hall–Kier alpha value is -3.18. The second-order valence-electron chi connectivity index (χ2n) is 9.14. The van der Waals surface area contributed by atoms with E-state index in [1.807, 2.05) is 54.9 Å². The van der Waals surface area contributed by atoms with Gasteiger partial charge in [-0.25, -0.2) is 4.98 Å². The van der Waals surface area contributed by atoms with Crippen LogP contribution in [-0.4, -0.2) is 29.2 Å². The van der Waals surface area contributed by atoms with Gasteiger partial charge in [-0.15, -0.1) is 0 Å². The van der Waals surface area contributed by atoms with Gasteiger partial charge in [0.05, 0.1) is 5.02 Å². The number of anilines is 3. The Kier molecular flexibility index (Phi) is 4.54. The molecular formula is C26H25ClN4O. The van der Waals surface area contributed by atoms with Gasteiger partial charge in [0.2, 0.25) is 0 Å². The summed E-state index contributed by atoms with van der Waals surface area (Å²) in [5.41, 5.74) is 4.73. The zero-order valence-corrected chi connectivity index (χ0v) is 18.7. The average molecular weight is 445 g/mol. The summed E-state index contributed by atoms with van der Waals surface area (Å²) in [5, 5.41) is 5.21. The molecule has 1 saturated heterocycles. The first kappa shape index (κ1) is 19.5. The van der Waals surface area contributed by atoms with Gasteiger partial charge in [0.1, 0.15) is 17.7 Å². The molecule has 2 aromatic carbocycles. The highest BCUT2D eigenvalue weighted by Gasteiger charge is 2.53. The predicted octanol–water partition coefficient (Wildman–Crippen LogP) is 6.32. The van der Waals surface area contributed by atoms with Crippen molar-refractivity contribution in [1.29, 1.82) is 0 Å². The fraction of sp³-hybridized carbons (Fsp3) is 0.269. The molecule has 0 atom stereocenters. The van der Waals surface area contributed by atoms with Gasteiger partial charge in [0.15, 0.2) is 0 Å². The first-order valence-corrected chi connectivity index (χ1v) is 11.4. The first-order chi connectivity index (χ1) is 15.6. The van der Waals surface area contributed by atoms with Crippen LogP contribution in [0.5, 0.6) is 5.75 Å². The second-order valence-corrected chi connectivity index (χ2v) is 9.55. The smallest absolute Gasteiger partial charge is 0.135 e. The zero-order valence-electron chi connectivity index (χ0n) is 17.9. The quantitative estimate of drug-likeness (QED) is 0.378. The lowest BCUT2D eigenvalue weighted by Gasteiger charge is -2.59. The number of nitrogens with zero attached hydrogens (tertiary/aromatic N) is 2. The summed E-state index contributed by atoms with van der Waals surface area (Å²) in [5.74, 6) is 1.84. The lowest BCUT2D eigenvalue weighted by atomic mass is 9.61. The number of nitrogens with one attached hydrogen (secondary N) is 2. The van der Waals surface area contributed by atoms with Crippen LogP contribution >= 0.6 is 11.6 Å². The summed E-state index contributed by atoms with van der Waals surface area (Å²) in [6, 6.07) is 18.3. The molecule has 32 heavy (non-hydrogen) atoms. The third kappa shape index (κ3) is 3.37. The molecule has 6 rings (SSSR count). The minimum atomic E-state index is 0.336. The summed E-state index contributed by atoms with van der Waals surface area (Å²) in [6.07, 6.45) is 6.37. The summed E-state index contributed by atoms with van der Waals surface area (Å²) >= 11 is 6.44. The van der Waals surface area contributed by atoms with Crippen molar-refractivity contribution in [3.8, 4) is 5.75 Å². The maximum Gasteiger partial charge on any atom is 0.135 e. The van der Waals surface area contributed by atoms with E-state index in [4.69, 9.17) is 16.3 Å². The molecule has 1 saturated carbocycles. The van der Waals surface area contributed by atoms with Crippen molar-refractivity contribution in [2.75, 3.05) is 23.3 Å². The fourth-order valence-electron chi connectivity index (χ4n) is 5.20. The zero-order chi connectivity index (χ0) is 21.7. The number of H-pyrrole nitrogens is 1. The van der Waals surface area contributed by atoms with Crippen molar-refractivity contribution >= 4 is 39.7 Å². The Morgan fingerprint density at radius 3 is 2.75 bits per heavy atom. The molecule has 5 nitrogen and oxygen atoms in total. The fourth-order valence-corrected chi connectivity index (χ4v) is 5.48. The lowest BCUT2D eigenvalue weighted by molar-refractivity contribution is -0.0340. The number of benzene rings is 2. The monoisotopic (exact) mass is 444 g/mol. The van der Waals surface area contributed by atoms with E-state index in [0.29, 0.717) is 11.5 Å². The van der Waals surface area contributed by atoms with Crippen LogP contribution in [0.2, 0.25) is 5.02 Å². The van der Waals surface area contributed by atoms with Gasteiger partial charge >= 0.3 is 0 Å². The van der Waals surface area contributed by atoms with E-state index in [1.54, 1.807) is 0 Å². The number of aromatic nitrogens is 2. The maximum absolute atomic E-state index is 6.44. The standard InChI is InChI=1S/C26H25ClN4O/c1-17-24(31-15-26(16-31)13-20(14-26)32-19-5-3-2-4-6-19)8-10-29-25(17)30-18-11-22(27)21-7-9-28-23(21)12-18/h2-12,20,28H,13-16H2,1H3,(H,29,30). The molecule has 3 heterocycles. The number of hydrogen-bond acceptors (Lipinski definition) is 4. The van der Waals surface area contributed by atoms with Crippen LogP contribution in [0.4, 0.5) is 17.2 Å². The van der Waals surface area contributed by atoms with Crippen LogP contribution in [-0.2, 0) is 0 Å². The molecule has 1 aliphatic carbocycles. The van der Waals surface area contributed by atoms with E-state index >= 15 is 0 Å². The Balaban J connectivity index is 1.12. The molecule has 1 aliphatic heterocycles. The van der Waals surface area contributed by atoms with E-state index in [2.05, 4.69) is 39.2 Å². The third-order valence-electron chi connectivity index (χ3n) is 6.82. The molecule has 0 radical (unpaired) electrons. The van der Waals surface area contributed by atoms with E-state index in [9.17, 15) is 0 Å². The number of rotatable bonds is 5. The maximum atomic E-state index is 6.44. The Bertz CT molecular complexity index is 1270. The van der Waals surface area contributed by atoms with Crippen LogP contribution in [0.1, 0.15) is 18.4 Å². The van der Waals surface area contributed by atoms with Crippen molar-refractivity contribution < 1.29 is 4.74 Å². The number of aromatic amines is 1. The highest BCUT2D eigenvalue weighted by Crippen LogP contribution is 2.51. The van der Waals surface area contributed by atoms with E-state index in [-0.39, 0.29) is 0 Å². The van der Waals surface area contributed by atoms with Crippen LogP contribution in [0, 0.1) is 12.3 Å². The second kappa shape index (κ2) is 7.45. The number of hydrogen-bond donors (Lipinski definition) is 2. The van der Waals surface area contributed by atoms with Crippen LogP contribution in [0.15, 0.2) is 67.0 Å². The number of pyridine rings is 1. The largest absolute Gasteiger partial charge is 0.490 e. The van der Waals surface area contributed by atoms with Gasteiger partial charge in [-0.1, -0.05) is 29.8 Å². The lowest BCUT2D eigenvalue weighted by Crippen LogP contribution is -2.65. The van der Waals surface area contributed by atoms with Gasteiger partial charge in [-0.3, -0.25) is 0 Å². The van der Waals surface area contributed by atoms with E-state index in [0.717, 1.165) is 64.7 Å². The molecule has 1 spiro atoms. The third-order valence-corrected chi connectivity index (χ3v) is 7.13.